The highest BCUT2D eigenvalue weighted by Crippen LogP contribution is 2.21. The fourth-order valence-electron chi connectivity index (χ4n) is 2.45. The molecule has 22 heavy (non-hydrogen) atoms. The third-order valence-corrected chi connectivity index (χ3v) is 3.78. The molecule has 120 valence electrons. The largest absolute Gasteiger partial charge is 0.450 e. The molecule has 0 bridgehead atoms. The summed E-state index contributed by atoms with van der Waals surface area (Å²) in [5.74, 6) is -0.748. The summed E-state index contributed by atoms with van der Waals surface area (Å²) in [4.78, 5) is 25.5. The number of carbonyl (C=O) groups is 2. The third kappa shape index (κ3) is 4.10. The van der Waals surface area contributed by atoms with E-state index in [1.54, 1.807) is 11.8 Å². The molecule has 0 saturated carbocycles. The second-order valence-electron chi connectivity index (χ2n) is 5.08. The van der Waals surface area contributed by atoms with E-state index in [0.717, 1.165) is 18.9 Å². The van der Waals surface area contributed by atoms with Crippen LogP contribution in [0.4, 0.5) is 9.18 Å². The van der Waals surface area contributed by atoms with Gasteiger partial charge in [-0.3, -0.25) is 4.79 Å². The number of halogens is 2. The molecule has 1 N–H and O–H groups in total. The third-order valence-electron chi connectivity index (χ3n) is 3.47. The number of piperidine rings is 1. The van der Waals surface area contributed by atoms with Gasteiger partial charge in [-0.25, -0.2) is 9.18 Å². The number of carbonyl (C=O) groups excluding carboxylic acids is 2. The van der Waals surface area contributed by atoms with Crippen LogP contribution in [0.3, 0.4) is 0 Å². The first-order chi connectivity index (χ1) is 10.5. The molecule has 0 spiro atoms. The number of benzene rings is 1. The van der Waals surface area contributed by atoms with E-state index in [2.05, 4.69) is 5.32 Å². The van der Waals surface area contributed by atoms with Gasteiger partial charge in [-0.05, 0) is 38.0 Å². The quantitative estimate of drug-likeness (QED) is 0.928. The molecular weight excluding hydrogens is 311 g/mol. The number of ether oxygens (including phenoxy) is 1. The van der Waals surface area contributed by atoms with Crippen LogP contribution in [0.25, 0.3) is 0 Å². The number of nitrogens with one attached hydrogen (secondary N) is 1. The van der Waals surface area contributed by atoms with Gasteiger partial charge in [-0.15, -0.1) is 0 Å². The number of likely N-dealkylation sites (tertiary alicyclic amines) is 1. The Labute approximate surface area is 133 Å². The van der Waals surface area contributed by atoms with Crippen molar-refractivity contribution in [1.29, 1.82) is 0 Å². The highest BCUT2D eigenvalue weighted by molar-refractivity contribution is 6.33. The fraction of sp³-hybridized carbons (Fsp3) is 0.467. The smallest absolute Gasteiger partial charge is 0.407 e. The van der Waals surface area contributed by atoms with Gasteiger partial charge in [0.15, 0.2) is 0 Å². The van der Waals surface area contributed by atoms with Crippen LogP contribution >= 0.6 is 11.6 Å². The van der Waals surface area contributed by atoms with E-state index in [9.17, 15) is 14.0 Å². The number of hydrogen-bond acceptors (Lipinski definition) is 3. The molecule has 0 radical (unpaired) electrons. The summed E-state index contributed by atoms with van der Waals surface area (Å²) in [5, 5.41) is 2.82. The molecule has 0 aromatic heterocycles. The molecule has 2 rings (SSSR count). The number of rotatable bonds is 3. The summed E-state index contributed by atoms with van der Waals surface area (Å²) in [7, 11) is 0. The topological polar surface area (TPSA) is 58.6 Å². The zero-order valence-electron chi connectivity index (χ0n) is 12.3. The van der Waals surface area contributed by atoms with Gasteiger partial charge < -0.3 is 15.0 Å². The second kappa shape index (κ2) is 7.45. The van der Waals surface area contributed by atoms with E-state index in [4.69, 9.17) is 16.3 Å². The average molecular weight is 329 g/mol. The van der Waals surface area contributed by atoms with Gasteiger partial charge in [0, 0.05) is 19.1 Å². The van der Waals surface area contributed by atoms with E-state index in [1.807, 2.05) is 0 Å². The Balaban J connectivity index is 2.02. The Morgan fingerprint density at radius 1 is 1.50 bits per heavy atom. The van der Waals surface area contributed by atoms with Gasteiger partial charge in [0.2, 0.25) is 0 Å². The van der Waals surface area contributed by atoms with E-state index >= 15 is 0 Å². The Morgan fingerprint density at radius 3 is 2.95 bits per heavy atom. The Kier molecular flexibility index (Phi) is 5.60. The van der Waals surface area contributed by atoms with Gasteiger partial charge in [0.05, 0.1) is 17.2 Å². The molecule has 1 saturated heterocycles. The van der Waals surface area contributed by atoms with Gasteiger partial charge in [-0.2, -0.15) is 0 Å². The molecule has 1 aromatic rings. The number of amides is 2. The molecule has 0 unspecified atom stereocenters. The van der Waals surface area contributed by atoms with Gasteiger partial charge in [0.1, 0.15) is 5.82 Å². The van der Waals surface area contributed by atoms with Crippen LogP contribution in [0.1, 0.15) is 30.1 Å². The first-order valence-electron chi connectivity index (χ1n) is 7.19. The summed E-state index contributed by atoms with van der Waals surface area (Å²) in [6, 6.07) is 3.54. The Hall–Kier alpha value is -1.82. The van der Waals surface area contributed by atoms with Gasteiger partial charge >= 0.3 is 6.09 Å². The molecule has 2 amide bonds. The van der Waals surface area contributed by atoms with Crippen molar-refractivity contribution in [3.63, 3.8) is 0 Å². The van der Waals surface area contributed by atoms with Crippen LogP contribution in [-0.2, 0) is 4.74 Å². The van der Waals surface area contributed by atoms with E-state index in [1.165, 1.54) is 12.1 Å². The van der Waals surface area contributed by atoms with Crippen LogP contribution in [0, 0.1) is 5.82 Å². The summed E-state index contributed by atoms with van der Waals surface area (Å²) < 4.78 is 17.9. The Bertz CT molecular complexity index is 568. The molecule has 0 aliphatic carbocycles. The summed E-state index contributed by atoms with van der Waals surface area (Å²) >= 11 is 5.93. The van der Waals surface area contributed by atoms with Crippen LogP contribution in [0.15, 0.2) is 18.2 Å². The molecule has 5 nitrogen and oxygen atoms in total. The molecule has 1 heterocycles. The van der Waals surface area contributed by atoms with Gasteiger partial charge in [-0.1, -0.05) is 11.6 Å². The maximum absolute atomic E-state index is 13.1. The Morgan fingerprint density at radius 2 is 2.27 bits per heavy atom. The summed E-state index contributed by atoms with van der Waals surface area (Å²) in [5.41, 5.74) is 0.264. The van der Waals surface area contributed by atoms with Crippen molar-refractivity contribution in [3.8, 4) is 0 Å². The molecule has 1 aromatic carbocycles. The fourth-order valence-corrected chi connectivity index (χ4v) is 2.70. The monoisotopic (exact) mass is 328 g/mol. The molecular formula is C15H18ClFN2O3. The van der Waals surface area contributed by atoms with Crippen molar-refractivity contribution >= 4 is 23.6 Å². The lowest BCUT2D eigenvalue weighted by molar-refractivity contribution is 0.0686. The zero-order valence-corrected chi connectivity index (χ0v) is 13.0. The zero-order chi connectivity index (χ0) is 16.1. The number of alkyl carbamates (subject to hydrolysis) is 1. The normalized spacial score (nSPS) is 18.0. The van der Waals surface area contributed by atoms with Crippen LogP contribution < -0.4 is 5.32 Å². The molecule has 7 heteroatoms. The standard InChI is InChI=1S/C15H18ClFN2O3/c1-2-22-15(21)18-11-4-3-7-19(9-11)14(20)12-6-5-10(17)8-13(12)16/h5-6,8,11H,2-4,7,9H2,1H3,(H,18,21)/t11-/m1/s1. The molecule has 1 aliphatic rings. The minimum Gasteiger partial charge on any atom is -0.450 e. The van der Waals surface area contributed by atoms with Crippen LogP contribution in [0.5, 0.6) is 0 Å². The molecule has 1 atom stereocenters. The SMILES string of the molecule is CCOC(=O)N[C@@H]1CCCN(C(=O)c2ccc(F)cc2Cl)C1. The van der Waals surface area contributed by atoms with Crippen molar-refractivity contribution in [2.45, 2.75) is 25.8 Å². The number of hydrogen-bond donors (Lipinski definition) is 1. The maximum Gasteiger partial charge on any atom is 0.407 e. The predicted molar refractivity (Wildman–Crippen MR) is 80.5 cm³/mol. The van der Waals surface area contributed by atoms with Crippen molar-refractivity contribution in [2.75, 3.05) is 19.7 Å². The first kappa shape index (κ1) is 16.5. The van der Waals surface area contributed by atoms with Crippen molar-refractivity contribution in [1.82, 2.24) is 10.2 Å². The lowest BCUT2D eigenvalue weighted by Gasteiger charge is -2.33. The van der Waals surface area contributed by atoms with Crippen LogP contribution in [-0.4, -0.2) is 42.6 Å². The molecule has 1 aliphatic heterocycles. The average Bonchev–Trinajstić information content (AvgIpc) is 2.47. The van der Waals surface area contributed by atoms with E-state index in [0.29, 0.717) is 19.7 Å². The minimum absolute atomic E-state index is 0.0884. The predicted octanol–water partition coefficient (Wildman–Crippen LogP) is 2.83. The summed E-state index contributed by atoms with van der Waals surface area (Å²) in [6.07, 6.45) is 1.06. The molecule has 1 fully saturated rings. The van der Waals surface area contributed by atoms with Crippen molar-refractivity contribution in [2.24, 2.45) is 0 Å². The lowest BCUT2D eigenvalue weighted by Crippen LogP contribution is -2.49. The van der Waals surface area contributed by atoms with E-state index < -0.39 is 11.9 Å². The van der Waals surface area contributed by atoms with Crippen molar-refractivity contribution < 1.29 is 18.7 Å². The summed E-state index contributed by atoms with van der Waals surface area (Å²) in [6.45, 7) is 2.98. The minimum atomic E-state index is -0.485. The van der Waals surface area contributed by atoms with E-state index in [-0.39, 0.29) is 22.5 Å². The van der Waals surface area contributed by atoms with Gasteiger partial charge in [0.25, 0.3) is 5.91 Å². The highest BCUT2D eigenvalue weighted by atomic mass is 35.5. The number of nitrogens with zero attached hydrogens (tertiary/aromatic N) is 1. The highest BCUT2D eigenvalue weighted by Gasteiger charge is 2.26. The van der Waals surface area contributed by atoms with Crippen molar-refractivity contribution in [3.05, 3.63) is 34.6 Å². The first-order valence-corrected chi connectivity index (χ1v) is 7.56. The van der Waals surface area contributed by atoms with Crippen LogP contribution in [0.2, 0.25) is 5.02 Å². The lowest BCUT2D eigenvalue weighted by atomic mass is 10.0. The maximum atomic E-state index is 13.1. The second-order valence-corrected chi connectivity index (χ2v) is 5.49.